The summed E-state index contributed by atoms with van der Waals surface area (Å²) in [6, 6.07) is 13.7. The molecule has 2 aromatic rings. The Hall–Kier alpha value is -2.56. The summed E-state index contributed by atoms with van der Waals surface area (Å²) in [5.41, 5.74) is 12.7. The third-order valence-corrected chi connectivity index (χ3v) is 2.43. The molecule has 0 spiro atoms. The fourth-order valence-corrected chi connectivity index (χ4v) is 1.54. The third kappa shape index (κ3) is 2.98. The summed E-state index contributed by atoms with van der Waals surface area (Å²) >= 11 is 0. The van der Waals surface area contributed by atoms with Gasteiger partial charge in [0.2, 0.25) is 0 Å². The van der Waals surface area contributed by atoms with E-state index in [4.69, 9.17) is 11.5 Å². The molecule has 1 aromatic carbocycles. The van der Waals surface area contributed by atoms with E-state index in [1.165, 1.54) is 11.9 Å². The average molecular weight is 241 g/mol. The fourth-order valence-electron chi connectivity index (χ4n) is 1.54. The van der Waals surface area contributed by atoms with Crippen LogP contribution in [0.3, 0.4) is 0 Å². The number of nitrogen functional groups attached to an aromatic ring is 1. The first-order chi connectivity index (χ1) is 8.79. The third-order valence-electron chi connectivity index (χ3n) is 2.43. The number of hydrogen-bond acceptors (Lipinski definition) is 4. The SMILES string of the molecule is NC=Nc1ccc(NCc2ccccc2)nc1N. The molecule has 0 amide bonds. The van der Waals surface area contributed by atoms with Crippen LogP contribution in [0, 0.1) is 0 Å². The van der Waals surface area contributed by atoms with Gasteiger partial charge in [0.15, 0.2) is 5.82 Å². The summed E-state index contributed by atoms with van der Waals surface area (Å²) in [4.78, 5) is 8.11. The van der Waals surface area contributed by atoms with Gasteiger partial charge in [-0.1, -0.05) is 30.3 Å². The maximum absolute atomic E-state index is 5.76. The number of aliphatic imine (C=N–C) groups is 1. The van der Waals surface area contributed by atoms with E-state index in [0.29, 0.717) is 23.9 Å². The topological polar surface area (TPSA) is 89.3 Å². The molecular weight excluding hydrogens is 226 g/mol. The molecule has 0 radical (unpaired) electrons. The minimum absolute atomic E-state index is 0.356. The van der Waals surface area contributed by atoms with Crippen molar-refractivity contribution in [2.24, 2.45) is 10.7 Å². The van der Waals surface area contributed by atoms with Gasteiger partial charge in [-0.3, -0.25) is 0 Å². The summed E-state index contributed by atoms with van der Waals surface area (Å²) in [6.45, 7) is 0.701. The number of benzene rings is 1. The number of anilines is 2. The van der Waals surface area contributed by atoms with Crippen molar-refractivity contribution in [3.8, 4) is 0 Å². The van der Waals surface area contributed by atoms with E-state index in [1.54, 1.807) is 6.07 Å². The number of aromatic nitrogens is 1. The quantitative estimate of drug-likeness (QED) is 0.563. The summed E-state index contributed by atoms with van der Waals surface area (Å²) in [5, 5.41) is 3.20. The maximum atomic E-state index is 5.76. The summed E-state index contributed by atoms with van der Waals surface area (Å²) in [5.74, 6) is 1.07. The van der Waals surface area contributed by atoms with Crippen LogP contribution in [0.5, 0.6) is 0 Å². The second-order valence-corrected chi connectivity index (χ2v) is 3.72. The van der Waals surface area contributed by atoms with Gasteiger partial charge < -0.3 is 16.8 Å². The average Bonchev–Trinajstić information content (AvgIpc) is 2.41. The standard InChI is InChI=1S/C13H15N5/c14-9-17-11-6-7-12(18-13(11)15)16-8-10-4-2-1-3-5-10/h1-7,9H,8H2,(H2,14,17)(H3,15,16,18). The van der Waals surface area contributed by atoms with E-state index in [0.717, 1.165) is 0 Å². The number of rotatable bonds is 4. The zero-order chi connectivity index (χ0) is 12.8. The Morgan fingerprint density at radius 2 is 1.94 bits per heavy atom. The molecule has 92 valence electrons. The van der Waals surface area contributed by atoms with E-state index in [2.05, 4.69) is 15.3 Å². The van der Waals surface area contributed by atoms with Crippen LogP contribution in [0.4, 0.5) is 17.3 Å². The normalized spacial score (nSPS) is 10.7. The van der Waals surface area contributed by atoms with Crippen molar-refractivity contribution < 1.29 is 0 Å². The lowest BCUT2D eigenvalue weighted by atomic mass is 10.2. The predicted octanol–water partition coefficient (Wildman–Crippen LogP) is 1.89. The first-order valence-corrected chi connectivity index (χ1v) is 5.58. The Labute approximate surface area is 106 Å². The van der Waals surface area contributed by atoms with Crippen LogP contribution in [0.2, 0.25) is 0 Å². The molecule has 2 rings (SSSR count). The van der Waals surface area contributed by atoms with E-state index in [-0.39, 0.29) is 0 Å². The second-order valence-electron chi connectivity index (χ2n) is 3.72. The monoisotopic (exact) mass is 241 g/mol. The first-order valence-electron chi connectivity index (χ1n) is 5.58. The summed E-state index contributed by atoms with van der Waals surface area (Å²) in [6.07, 6.45) is 1.20. The number of nitrogens with one attached hydrogen (secondary N) is 1. The van der Waals surface area contributed by atoms with Crippen molar-refractivity contribution >= 4 is 23.7 Å². The largest absolute Gasteiger partial charge is 0.390 e. The number of nitrogens with zero attached hydrogens (tertiary/aromatic N) is 2. The predicted molar refractivity (Wildman–Crippen MR) is 74.8 cm³/mol. The number of pyridine rings is 1. The molecule has 0 atom stereocenters. The number of hydrogen-bond donors (Lipinski definition) is 3. The molecule has 5 N–H and O–H groups in total. The fraction of sp³-hybridized carbons (Fsp3) is 0.0769. The minimum Gasteiger partial charge on any atom is -0.390 e. The molecule has 0 aliphatic rings. The lowest BCUT2D eigenvalue weighted by Crippen LogP contribution is -2.03. The van der Waals surface area contributed by atoms with Crippen LogP contribution >= 0.6 is 0 Å². The van der Waals surface area contributed by atoms with E-state index in [9.17, 15) is 0 Å². The molecule has 18 heavy (non-hydrogen) atoms. The molecule has 0 saturated heterocycles. The highest BCUT2D eigenvalue weighted by atomic mass is 15.0. The van der Waals surface area contributed by atoms with Crippen molar-refractivity contribution in [1.29, 1.82) is 0 Å². The first kappa shape index (κ1) is 11.9. The Balaban J connectivity index is 2.04. The van der Waals surface area contributed by atoms with Crippen molar-refractivity contribution in [3.05, 3.63) is 48.0 Å². The van der Waals surface area contributed by atoms with Crippen molar-refractivity contribution in [2.75, 3.05) is 11.1 Å². The van der Waals surface area contributed by atoms with Crippen molar-refractivity contribution in [3.63, 3.8) is 0 Å². The smallest absolute Gasteiger partial charge is 0.151 e. The minimum atomic E-state index is 0.356. The van der Waals surface area contributed by atoms with Gasteiger partial charge >= 0.3 is 0 Å². The van der Waals surface area contributed by atoms with E-state index in [1.807, 2.05) is 36.4 Å². The molecule has 0 aliphatic carbocycles. The molecule has 1 aromatic heterocycles. The van der Waals surface area contributed by atoms with Crippen LogP contribution in [-0.2, 0) is 6.54 Å². The van der Waals surface area contributed by atoms with Gasteiger partial charge in [0.25, 0.3) is 0 Å². The van der Waals surface area contributed by atoms with Crippen LogP contribution in [0.15, 0.2) is 47.5 Å². The Morgan fingerprint density at radius 1 is 1.17 bits per heavy atom. The molecule has 0 unspecified atom stereocenters. The molecule has 5 nitrogen and oxygen atoms in total. The maximum Gasteiger partial charge on any atom is 0.151 e. The summed E-state index contributed by atoms with van der Waals surface area (Å²) < 4.78 is 0. The van der Waals surface area contributed by atoms with Gasteiger partial charge in [-0.05, 0) is 17.7 Å². The van der Waals surface area contributed by atoms with Gasteiger partial charge in [0, 0.05) is 6.54 Å². The van der Waals surface area contributed by atoms with Gasteiger partial charge in [0.1, 0.15) is 11.5 Å². The molecule has 1 heterocycles. The van der Waals surface area contributed by atoms with Crippen LogP contribution in [-0.4, -0.2) is 11.3 Å². The Kier molecular flexibility index (Phi) is 3.76. The van der Waals surface area contributed by atoms with E-state index < -0.39 is 0 Å². The molecule has 0 fully saturated rings. The van der Waals surface area contributed by atoms with Gasteiger partial charge in [0.05, 0.1) is 6.34 Å². The van der Waals surface area contributed by atoms with Crippen LogP contribution in [0.1, 0.15) is 5.56 Å². The Bertz CT molecular complexity index is 536. The highest BCUT2D eigenvalue weighted by Gasteiger charge is 2.00. The number of nitrogens with two attached hydrogens (primary N) is 2. The molecule has 5 heteroatoms. The highest BCUT2D eigenvalue weighted by molar-refractivity contribution is 5.68. The Morgan fingerprint density at radius 3 is 2.61 bits per heavy atom. The van der Waals surface area contributed by atoms with Crippen molar-refractivity contribution in [1.82, 2.24) is 4.98 Å². The molecule has 0 aliphatic heterocycles. The van der Waals surface area contributed by atoms with Crippen LogP contribution in [0.25, 0.3) is 0 Å². The summed E-state index contributed by atoms with van der Waals surface area (Å²) in [7, 11) is 0. The molecular formula is C13H15N5. The molecule has 0 bridgehead atoms. The van der Waals surface area contributed by atoms with Gasteiger partial charge in [-0.2, -0.15) is 0 Å². The van der Waals surface area contributed by atoms with Gasteiger partial charge in [-0.15, -0.1) is 0 Å². The van der Waals surface area contributed by atoms with Crippen LogP contribution < -0.4 is 16.8 Å². The van der Waals surface area contributed by atoms with Crippen molar-refractivity contribution in [2.45, 2.75) is 6.54 Å². The zero-order valence-electron chi connectivity index (χ0n) is 9.88. The lowest BCUT2D eigenvalue weighted by Gasteiger charge is -2.07. The molecule has 0 saturated carbocycles. The van der Waals surface area contributed by atoms with E-state index >= 15 is 0 Å². The zero-order valence-corrected chi connectivity index (χ0v) is 9.88. The van der Waals surface area contributed by atoms with Gasteiger partial charge in [-0.25, -0.2) is 9.98 Å². The highest BCUT2D eigenvalue weighted by Crippen LogP contribution is 2.21. The lowest BCUT2D eigenvalue weighted by molar-refractivity contribution is 1.11. The second kappa shape index (κ2) is 5.67.